The van der Waals surface area contributed by atoms with E-state index in [1.165, 1.54) is 11.0 Å². The summed E-state index contributed by atoms with van der Waals surface area (Å²) in [5.74, 6) is -1.06. The summed E-state index contributed by atoms with van der Waals surface area (Å²) in [4.78, 5) is 42.9. The molecule has 1 heterocycles. The third-order valence-electron chi connectivity index (χ3n) is 5.89. The number of hydrogen-bond acceptors (Lipinski definition) is 5. The van der Waals surface area contributed by atoms with Crippen LogP contribution >= 0.6 is 0 Å². The number of fused-ring (bicyclic) bond motifs is 1. The van der Waals surface area contributed by atoms with Crippen molar-refractivity contribution in [2.45, 2.75) is 51.6 Å². The summed E-state index contributed by atoms with van der Waals surface area (Å²) in [6, 6.07) is 12.8. The highest BCUT2D eigenvalue weighted by Gasteiger charge is 2.31. The van der Waals surface area contributed by atoms with Crippen LogP contribution in [0.1, 0.15) is 56.6 Å². The number of carbonyl (C=O) groups excluding carboxylic acids is 3. The molecule has 1 aliphatic heterocycles. The Morgan fingerprint density at radius 2 is 1.67 bits per heavy atom. The van der Waals surface area contributed by atoms with Crippen molar-refractivity contribution in [1.29, 1.82) is 0 Å². The molecule has 0 saturated carbocycles. The van der Waals surface area contributed by atoms with E-state index in [0.29, 0.717) is 36.5 Å². The number of halogens is 1. The first-order valence-electron chi connectivity index (χ1n) is 12.3. The number of benzodiazepines with no additional fused rings is 1. The fraction of sp³-hybridized carbons (Fsp3) is 0.407. The van der Waals surface area contributed by atoms with Crippen LogP contribution in [0.2, 0.25) is 0 Å². The van der Waals surface area contributed by atoms with Gasteiger partial charge < -0.3 is 20.3 Å². The molecule has 1 aliphatic rings. The molecule has 2 aromatic rings. The summed E-state index contributed by atoms with van der Waals surface area (Å²) in [6.45, 7) is 2.63. The first-order valence-corrected chi connectivity index (χ1v) is 12.3. The molecular weight excluding hydrogens is 463 g/mol. The average molecular weight is 497 g/mol. The summed E-state index contributed by atoms with van der Waals surface area (Å²) >= 11 is 0. The van der Waals surface area contributed by atoms with Gasteiger partial charge in [-0.3, -0.25) is 9.59 Å². The molecule has 8 nitrogen and oxygen atoms in total. The zero-order chi connectivity index (χ0) is 25.9. The Hall–Kier alpha value is -3.75. The van der Waals surface area contributed by atoms with E-state index < -0.39 is 23.9 Å². The minimum Gasteiger partial charge on any atom is -0.466 e. The lowest BCUT2D eigenvalue weighted by molar-refractivity contribution is -0.143. The lowest BCUT2D eigenvalue weighted by Gasteiger charge is -2.21. The van der Waals surface area contributed by atoms with Gasteiger partial charge in [0.1, 0.15) is 5.82 Å². The number of carbonyl (C=O) groups is 3. The predicted molar refractivity (Wildman–Crippen MR) is 137 cm³/mol. The van der Waals surface area contributed by atoms with Crippen LogP contribution in [-0.4, -0.2) is 50.0 Å². The first kappa shape index (κ1) is 26.8. The smallest absolute Gasteiger partial charge is 0.316 e. The number of ether oxygens (including phenoxy) is 1. The van der Waals surface area contributed by atoms with E-state index in [9.17, 15) is 18.8 Å². The number of rotatable bonds is 11. The normalized spacial score (nSPS) is 15.0. The van der Waals surface area contributed by atoms with Gasteiger partial charge >= 0.3 is 12.0 Å². The Balaban J connectivity index is 1.58. The Labute approximate surface area is 210 Å². The Morgan fingerprint density at radius 3 is 2.42 bits per heavy atom. The molecule has 0 fully saturated rings. The van der Waals surface area contributed by atoms with Gasteiger partial charge in [0.25, 0.3) is 5.91 Å². The molecule has 192 valence electrons. The van der Waals surface area contributed by atoms with Gasteiger partial charge in [-0.1, -0.05) is 49.6 Å². The number of para-hydroxylation sites is 1. The van der Waals surface area contributed by atoms with Crippen molar-refractivity contribution < 1.29 is 23.5 Å². The molecule has 0 saturated heterocycles. The number of benzene rings is 2. The van der Waals surface area contributed by atoms with Crippen LogP contribution < -0.4 is 15.5 Å². The monoisotopic (exact) mass is 496 g/mol. The number of nitrogens with zero attached hydrogens (tertiary/aromatic N) is 2. The number of unbranched alkanes of at least 4 members (excludes halogenated alkanes) is 4. The van der Waals surface area contributed by atoms with Crippen molar-refractivity contribution in [3.05, 3.63) is 65.5 Å². The Kier molecular flexibility index (Phi) is 9.97. The van der Waals surface area contributed by atoms with Crippen molar-refractivity contribution >= 4 is 29.3 Å². The van der Waals surface area contributed by atoms with Gasteiger partial charge in [0.15, 0.2) is 0 Å². The molecule has 0 aliphatic carbocycles. The summed E-state index contributed by atoms with van der Waals surface area (Å²) < 4.78 is 19.6. The Morgan fingerprint density at radius 1 is 1.00 bits per heavy atom. The van der Waals surface area contributed by atoms with Gasteiger partial charge in [-0.2, -0.15) is 0 Å². The van der Waals surface area contributed by atoms with Crippen LogP contribution in [0.4, 0.5) is 14.9 Å². The molecule has 2 aromatic carbocycles. The van der Waals surface area contributed by atoms with Crippen LogP contribution in [0.3, 0.4) is 0 Å². The molecule has 0 bridgehead atoms. The van der Waals surface area contributed by atoms with Gasteiger partial charge in [-0.15, -0.1) is 0 Å². The van der Waals surface area contributed by atoms with Crippen molar-refractivity contribution in [3.8, 4) is 0 Å². The molecular formula is C27H33FN4O4. The standard InChI is InChI=1S/C27H33FN4O4/c1-3-36-23(33)17-7-5-4-6-12-18-29-27(35)31-25-26(34)32(2)22-16-11-9-14-20(22)24(30-25)19-13-8-10-15-21(19)28/h8-11,13-16,25H,3-7,12,17-18H2,1-2H3,(H2,29,31,35). The molecule has 1 atom stereocenters. The second kappa shape index (κ2) is 13.4. The summed E-state index contributed by atoms with van der Waals surface area (Å²) in [5.41, 5.74) is 1.74. The third kappa shape index (κ3) is 7.13. The maximum absolute atomic E-state index is 14.7. The molecule has 1 unspecified atom stereocenters. The Bertz CT molecular complexity index is 1100. The lowest BCUT2D eigenvalue weighted by atomic mass is 10.00. The topological polar surface area (TPSA) is 100 Å². The summed E-state index contributed by atoms with van der Waals surface area (Å²) in [7, 11) is 1.61. The minimum absolute atomic E-state index is 0.168. The second-order valence-corrected chi connectivity index (χ2v) is 8.50. The van der Waals surface area contributed by atoms with Crippen molar-refractivity contribution in [2.24, 2.45) is 4.99 Å². The maximum atomic E-state index is 14.7. The number of esters is 1. The van der Waals surface area contributed by atoms with Crippen LogP contribution in [0.15, 0.2) is 53.5 Å². The lowest BCUT2D eigenvalue weighted by Crippen LogP contribution is -2.49. The number of nitrogens with one attached hydrogen (secondary N) is 2. The highest BCUT2D eigenvalue weighted by Crippen LogP contribution is 2.27. The SMILES string of the molecule is CCOC(=O)CCCCCCCNC(=O)NC1N=C(c2ccccc2F)c2ccccc2N(C)C1=O. The first-order chi connectivity index (χ1) is 17.4. The van der Waals surface area contributed by atoms with E-state index >= 15 is 0 Å². The minimum atomic E-state index is -1.21. The van der Waals surface area contributed by atoms with E-state index in [4.69, 9.17) is 4.74 Å². The number of likely N-dealkylation sites (N-methyl/N-ethyl adjacent to an activating group) is 1. The van der Waals surface area contributed by atoms with Gasteiger partial charge in [0.2, 0.25) is 6.17 Å². The number of anilines is 1. The van der Waals surface area contributed by atoms with Crippen molar-refractivity contribution in [2.75, 3.05) is 25.1 Å². The van der Waals surface area contributed by atoms with E-state index in [1.807, 2.05) is 0 Å². The van der Waals surface area contributed by atoms with Gasteiger partial charge in [-0.25, -0.2) is 14.2 Å². The number of hydrogen-bond donors (Lipinski definition) is 2. The molecule has 9 heteroatoms. The van der Waals surface area contributed by atoms with Crippen molar-refractivity contribution in [3.63, 3.8) is 0 Å². The second-order valence-electron chi connectivity index (χ2n) is 8.50. The zero-order valence-electron chi connectivity index (χ0n) is 20.8. The largest absolute Gasteiger partial charge is 0.466 e. The average Bonchev–Trinajstić information content (AvgIpc) is 2.97. The summed E-state index contributed by atoms with van der Waals surface area (Å²) in [5, 5.41) is 5.39. The summed E-state index contributed by atoms with van der Waals surface area (Å²) in [6.07, 6.45) is 3.54. The highest BCUT2D eigenvalue weighted by atomic mass is 19.1. The van der Waals surface area contributed by atoms with E-state index in [1.54, 1.807) is 56.4 Å². The fourth-order valence-corrected chi connectivity index (χ4v) is 4.02. The molecule has 0 aromatic heterocycles. The van der Waals surface area contributed by atoms with E-state index in [2.05, 4.69) is 15.6 Å². The molecule has 36 heavy (non-hydrogen) atoms. The maximum Gasteiger partial charge on any atom is 0.316 e. The number of aliphatic imine (C=N–C) groups is 1. The van der Waals surface area contributed by atoms with Gasteiger partial charge in [0, 0.05) is 31.1 Å². The zero-order valence-corrected chi connectivity index (χ0v) is 20.8. The molecule has 3 rings (SSSR count). The van der Waals surface area contributed by atoms with Crippen molar-refractivity contribution in [1.82, 2.24) is 10.6 Å². The van der Waals surface area contributed by atoms with Gasteiger partial charge in [0.05, 0.1) is 18.0 Å². The molecule has 0 radical (unpaired) electrons. The van der Waals surface area contributed by atoms with Crippen LogP contribution in [0.25, 0.3) is 0 Å². The van der Waals surface area contributed by atoms with Crippen LogP contribution in [0, 0.1) is 5.82 Å². The van der Waals surface area contributed by atoms with Gasteiger partial charge in [-0.05, 0) is 38.0 Å². The molecule has 2 N–H and O–H groups in total. The van der Waals surface area contributed by atoms with Crippen LogP contribution in [-0.2, 0) is 14.3 Å². The quantitative estimate of drug-likeness (QED) is 0.360. The molecule has 0 spiro atoms. The number of urea groups is 1. The van der Waals surface area contributed by atoms with E-state index in [0.717, 1.165) is 32.1 Å². The highest BCUT2D eigenvalue weighted by molar-refractivity contribution is 6.20. The number of amides is 3. The predicted octanol–water partition coefficient (Wildman–Crippen LogP) is 4.17. The molecule has 3 amide bonds. The van der Waals surface area contributed by atoms with Crippen LogP contribution in [0.5, 0.6) is 0 Å². The fourth-order valence-electron chi connectivity index (χ4n) is 4.02. The third-order valence-corrected chi connectivity index (χ3v) is 5.89. The van der Waals surface area contributed by atoms with E-state index in [-0.39, 0.29) is 11.5 Å².